The molecule has 2 aromatic heterocycles. The normalized spacial score (nSPS) is 11.1. The molecule has 0 aliphatic carbocycles. The Morgan fingerprint density at radius 2 is 2.13 bits per heavy atom. The number of nitrogens with zero attached hydrogens (tertiary/aromatic N) is 2. The summed E-state index contributed by atoms with van der Waals surface area (Å²) in [6, 6.07) is 4.16. The molecule has 0 radical (unpaired) electrons. The van der Waals surface area contributed by atoms with E-state index in [-0.39, 0.29) is 0 Å². The van der Waals surface area contributed by atoms with Crippen LogP contribution >= 0.6 is 0 Å². The molecule has 2 heterocycles. The van der Waals surface area contributed by atoms with Gasteiger partial charge in [-0.3, -0.25) is 0 Å². The van der Waals surface area contributed by atoms with Gasteiger partial charge in [-0.05, 0) is 44.9 Å². The van der Waals surface area contributed by atoms with E-state index >= 15 is 0 Å². The van der Waals surface area contributed by atoms with E-state index in [4.69, 9.17) is 5.73 Å². The number of fused-ring (bicyclic) bond motifs is 1. The van der Waals surface area contributed by atoms with Gasteiger partial charge in [0.2, 0.25) is 0 Å². The number of aromatic nitrogens is 2. The molecule has 0 aliphatic rings. The second-order valence-electron chi connectivity index (χ2n) is 3.97. The van der Waals surface area contributed by atoms with E-state index in [9.17, 15) is 0 Å². The fourth-order valence-corrected chi connectivity index (χ4v) is 1.89. The lowest BCUT2D eigenvalue weighted by molar-refractivity contribution is 0.795. The zero-order valence-corrected chi connectivity index (χ0v) is 9.33. The van der Waals surface area contributed by atoms with E-state index in [1.54, 1.807) is 0 Å². The predicted octanol–water partition coefficient (Wildman–Crippen LogP) is 1.84. The Morgan fingerprint density at radius 3 is 2.87 bits per heavy atom. The fourth-order valence-electron chi connectivity index (χ4n) is 1.89. The summed E-state index contributed by atoms with van der Waals surface area (Å²) in [5, 5.41) is 0. The number of hydrogen-bond donors (Lipinski definition) is 1. The molecular formula is C12H17N3. The SMILES string of the molecule is Cc1ccc2nc(C)c(CCCN)n2c1. The van der Waals surface area contributed by atoms with Crippen LogP contribution in [0.15, 0.2) is 18.3 Å². The third-order valence-corrected chi connectivity index (χ3v) is 2.68. The second-order valence-corrected chi connectivity index (χ2v) is 3.97. The highest BCUT2D eigenvalue weighted by atomic mass is 15.0. The third-order valence-electron chi connectivity index (χ3n) is 2.68. The average molecular weight is 203 g/mol. The molecule has 0 saturated heterocycles. The summed E-state index contributed by atoms with van der Waals surface area (Å²) >= 11 is 0. The fraction of sp³-hybridized carbons (Fsp3) is 0.417. The molecule has 0 spiro atoms. The molecule has 3 nitrogen and oxygen atoms in total. The Bertz CT molecular complexity index is 471. The quantitative estimate of drug-likeness (QED) is 0.827. The van der Waals surface area contributed by atoms with Crippen LogP contribution in [0.5, 0.6) is 0 Å². The van der Waals surface area contributed by atoms with Crippen LogP contribution in [0.25, 0.3) is 5.65 Å². The van der Waals surface area contributed by atoms with Gasteiger partial charge in [0.15, 0.2) is 0 Å². The van der Waals surface area contributed by atoms with Crippen LogP contribution in [-0.4, -0.2) is 15.9 Å². The lowest BCUT2D eigenvalue weighted by atomic mass is 10.2. The molecule has 0 fully saturated rings. The number of aryl methyl sites for hydroxylation is 3. The van der Waals surface area contributed by atoms with E-state index in [1.165, 1.54) is 11.3 Å². The standard InChI is InChI=1S/C12H17N3/c1-9-5-6-12-14-10(2)11(4-3-7-13)15(12)8-9/h5-6,8H,3-4,7,13H2,1-2H3. The van der Waals surface area contributed by atoms with Crippen molar-refractivity contribution in [2.24, 2.45) is 5.73 Å². The molecule has 0 saturated carbocycles. The lowest BCUT2D eigenvalue weighted by Crippen LogP contribution is -2.03. The Labute approximate surface area is 89.9 Å². The summed E-state index contributed by atoms with van der Waals surface area (Å²) in [7, 11) is 0. The van der Waals surface area contributed by atoms with Crippen molar-refractivity contribution >= 4 is 5.65 Å². The zero-order chi connectivity index (χ0) is 10.8. The lowest BCUT2D eigenvalue weighted by Gasteiger charge is -2.02. The summed E-state index contributed by atoms with van der Waals surface area (Å²) in [5.41, 5.74) is 10.2. The van der Waals surface area contributed by atoms with Crippen molar-refractivity contribution in [2.45, 2.75) is 26.7 Å². The average Bonchev–Trinajstić information content (AvgIpc) is 2.51. The second kappa shape index (κ2) is 4.03. The van der Waals surface area contributed by atoms with Crippen LogP contribution in [0.1, 0.15) is 23.4 Å². The molecule has 0 bridgehead atoms. The highest BCUT2D eigenvalue weighted by Gasteiger charge is 2.07. The summed E-state index contributed by atoms with van der Waals surface area (Å²) in [6.45, 7) is 4.90. The molecule has 2 aromatic rings. The molecule has 3 heteroatoms. The Kier molecular flexibility index (Phi) is 2.73. The number of pyridine rings is 1. The largest absolute Gasteiger partial charge is 0.330 e. The molecule has 0 atom stereocenters. The first-order valence-electron chi connectivity index (χ1n) is 5.36. The maximum Gasteiger partial charge on any atom is 0.137 e. The van der Waals surface area contributed by atoms with E-state index in [1.807, 2.05) is 0 Å². The topological polar surface area (TPSA) is 43.3 Å². The van der Waals surface area contributed by atoms with Gasteiger partial charge in [-0.25, -0.2) is 4.98 Å². The van der Waals surface area contributed by atoms with Crippen molar-refractivity contribution in [3.63, 3.8) is 0 Å². The Balaban J connectivity index is 2.50. The van der Waals surface area contributed by atoms with Crippen LogP contribution in [0.4, 0.5) is 0 Å². The molecule has 0 unspecified atom stereocenters. The van der Waals surface area contributed by atoms with E-state index in [0.29, 0.717) is 0 Å². The van der Waals surface area contributed by atoms with Crippen molar-refractivity contribution in [2.75, 3.05) is 6.54 Å². The minimum absolute atomic E-state index is 0.735. The van der Waals surface area contributed by atoms with Crippen molar-refractivity contribution in [3.8, 4) is 0 Å². The summed E-state index contributed by atoms with van der Waals surface area (Å²) in [4.78, 5) is 4.53. The minimum Gasteiger partial charge on any atom is -0.330 e. The van der Waals surface area contributed by atoms with E-state index < -0.39 is 0 Å². The van der Waals surface area contributed by atoms with Crippen LogP contribution in [0.2, 0.25) is 0 Å². The van der Waals surface area contributed by atoms with Gasteiger partial charge in [-0.1, -0.05) is 6.07 Å². The third kappa shape index (κ3) is 1.88. The summed E-state index contributed by atoms with van der Waals surface area (Å²) < 4.78 is 2.18. The first kappa shape index (κ1) is 10.2. The van der Waals surface area contributed by atoms with Gasteiger partial charge in [0.05, 0.1) is 5.69 Å². The Hall–Kier alpha value is -1.35. The van der Waals surface area contributed by atoms with Crippen molar-refractivity contribution in [3.05, 3.63) is 35.3 Å². The molecule has 80 valence electrons. The smallest absolute Gasteiger partial charge is 0.137 e. The van der Waals surface area contributed by atoms with Gasteiger partial charge in [0.25, 0.3) is 0 Å². The van der Waals surface area contributed by atoms with Crippen LogP contribution in [0, 0.1) is 13.8 Å². The molecule has 0 aliphatic heterocycles. The monoisotopic (exact) mass is 203 g/mol. The number of imidazole rings is 1. The van der Waals surface area contributed by atoms with Crippen LogP contribution in [0.3, 0.4) is 0 Å². The zero-order valence-electron chi connectivity index (χ0n) is 9.33. The number of nitrogens with two attached hydrogens (primary N) is 1. The predicted molar refractivity (Wildman–Crippen MR) is 62.0 cm³/mol. The highest BCUT2D eigenvalue weighted by molar-refractivity contribution is 5.44. The van der Waals surface area contributed by atoms with Gasteiger partial charge in [-0.2, -0.15) is 0 Å². The van der Waals surface area contributed by atoms with E-state index in [2.05, 4.69) is 41.6 Å². The van der Waals surface area contributed by atoms with Crippen molar-refractivity contribution < 1.29 is 0 Å². The first-order chi connectivity index (χ1) is 7.22. The van der Waals surface area contributed by atoms with Gasteiger partial charge in [0.1, 0.15) is 5.65 Å². The molecule has 2 N–H and O–H groups in total. The summed E-state index contributed by atoms with van der Waals surface area (Å²) in [5.74, 6) is 0. The van der Waals surface area contributed by atoms with Crippen molar-refractivity contribution in [1.29, 1.82) is 0 Å². The first-order valence-corrected chi connectivity index (χ1v) is 5.36. The van der Waals surface area contributed by atoms with Gasteiger partial charge in [-0.15, -0.1) is 0 Å². The van der Waals surface area contributed by atoms with Crippen LogP contribution in [-0.2, 0) is 6.42 Å². The minimum atomic E-state index is 0.735. The van der Waals surface area contributed by atoms with Crippen molar-refractivity contribution in [1.82, 2.24) is 9.38 Å². The van der Waals surface area contributed by atoms with Gasteiger partial charge >= 0.3 is 0 Å². The molecule has 15 heavy (non-hydrogen) atoms. The molecule has 0 amide bonds. The summed E-state index contributed by atoms with van der Waals surface area (Å²) in [6.07, 6.45) is 4.16. The molecular weight excluding hydrogens is 186 g/mol. The molecule has 2 rings (SSSR count). The van der Waals surface area contributed by atoms with Gasteiger partial charge < -0.3 is 10.1 Å². The maximum absolute atomic E-state index is 5.54. The number of rotatable bonds is 3. The number of hydrogen-bond acceptors (Lipinski definition) is 2. The Morgan fingerprint density at radius 1 is 1.33 bits per heavy atom. The van der Waals surface area contributed by atoms with Crippen LogP contribution < -0.4 is 5.73 Å². The van der Waals surface area contributed by atoms with Gasteiger partial charge in [0, 0.05) is 11.9 Å². The maximum atomic E-state index is 5.54. The van der Waals surface area contributed by atoms with E-state index in [0.717, 1.165) is 30.7 Å². The highest BCUT2D eigenvalue weighted by Crippen LogP contribution is 2.14. The molecule has 0 aromatic carbocycles.